The Morgan fingerprint density at radius 2 is 1.95 bits per heavy atom. The Hall–Kier alpha value is -1.37. The lowest BCUT2D eigenvalue weighted by molar-refractivity contribution is -0.141. The highest BCUT2D eigenvalue weighted by Crippen LogP contribution is 2.30. The van der Waals surface area contributed by atoms with Crippen molar-refractivity contribution in [3.63, 3.8) is 0 Å². The zero-order valence-electron chi connectivity index (χ0n) is 11.7. The van der Waals surface area contributed by atoms with Gasteiger partial charge in [-0.1, -0.05) is 13.8 Å². The van der Waals surface area contributed by atoms with E-state index in [0.29, 0.717) is 18.8 Å². The van der Waals surface area contributed by atoms with Gasteiger partial charge in [-0.05, 0) is 24.9 Å². The second-order valence-corrected chi connectivity index (χ2v) is 5.22. The van der Waals surface area contributed by atoms with Crippen molar-refractivity contribution in [2.45, 2.75) is 32.4 Å². The molecule has 0 spiro atoms. The molecule has 2 heterocycles. The number of nitrogens with one attached hydrogen (secondary N) is 1. The van der Waals surface area contributed by atoms with E-state index in [9.17, 15) is 13.2 Å². The fourth-order valence-electron chi connectivity index (χ4n) is 2.08. The van der Waals surface area contributed by atoms with Crippen molar-refractivity contribution in [2.75, 3.05) is 31.1 Å². The molecule has 0 radical (unpaired) electrons. The molecule has 0 aliphatic carbocycles. The van der Waals surface area contributed by atoms with Crippen molar-refractivity contribution >= 4 is 5.95 Å². The highest BCUT2D eigenvalue weighted by atomic mass is 19.4. The number of alkyl halides is 3. The van der Waals surface area contributed by atoms with Crippen molar-refractivity contribution in [3.8, 4) is 0 Å². The van der Waals surface area contributed by atoms with Gasteiger partial charge in [0.2, 0.25) is 5.95 Å². The lowest BCUT2D eigenvalue weighted by Gasteiger charge is -2.22. The maximum absolute atomic E-state index is 12.9. The monoisotopic (exact) mass is 288 g/mol. The average Bonchev–Trinajstić information content (AvgIpc) is 2.66. The summed E-state index contributed by atoms with van der Waals surface area (Å²) >= 11 is 0. The van der Waals surface area contributed by atoms with Crippen molar-refractivity contribution in [1.29, 1.82) is 0 Å². The fourth-order valence-corrected chi connectivity index (χ4v) is 2.08. The Labute approximate surface area is 116 Å². The van der Waals surface area contributed by atoms with Gasteiger partial charge >= 0.3 is 6.18 Å². The molecule has 0 atom stereocenters. The van der Waals surface area contributed by atoms with Crippen molar-refractivity contribution < 1.29 is 13.2 Å². The van der Waals surface area contributed by atoms with E-state index in [1.807, 2.05) is 18.7 Å². The number of halogens is 3. The van der Waals surface area contributed by atoms with Gasteiger partial charge in [0.15, 0.2) is 0 Å². The van der Waals surface area contributed by atoms with Gasteiger partial charge < -0.3 is 10.2 Å². The predicted octanol–water partition coefficient (Wildman–Crippen LogP) is 2.42. The highest BCUT2D eigenvalue weighted by Gasteiger charge is 2.34. The molecule has 112 valence electrons. The first-order valence-corrected chi connectivity index (χ1v) is 6.80. The minimum Gasteiger partial charge on any atom is -0.339 e. The summed E-state index contributed by atoms with van der Waals surface area (Å²) in [6, 6.07) is 1.05. The summed E-state index contributed by atoms with van der Waals surface area (Å²) in [4.78, 5) is 9.83. The van der Waals surface area contributed by atoms with Crippen LogP contribution in [0.25, 0.3) is 0 Å². The molecule has 4 nitrogen and oxygen atoms in total. The SMILES string of the molecule is CC(C)c1cc(C(F)(F)F)nc(N2CCCNCC2)n1. The van der Waals surface area contributed by atoms with Crippen molar-refractivity contribution in [3.05, 3.63) is 17.5 Å². The van der Waals surface area contributed by atoms with E-state index < -0.39 is 11.9 Å². The smallest absolute Gasteiger partial charge is 0.339 e. The highest BCUT2D eigenvalue weighted by molar-refractivity contribution is 5.34. The molecule has 1 fully saturated rings. The van der Waals surface area contributed by atoms with Crippen LogP contribution in [0.5, 0.6) is 0 Å². The van der Waals surface area contributed by atoms with Crippen LogP contribution in [0, 0.1) is 0 Å². The maximum Gasteiger partial charge on any atom is 0.433 e. The van der Waals surface area contributed by atoms with Gasteiger partial charge in [-0.3, -0.25) is 0 Å². The Balaban J connectivity index is 2.38. The summed E-state index contributed by atoms with van der Waals surface area (Å²) in [5.41, 5.74) is -0.428. The number of anilines is 1. The zero-order chi connectivity index (χ0) is 14.8. The minimum atomic E-state index is -4.44. The number of nitrogens with zero attached hydrogens (tertiary/aromatic N) is 3. The molecule has 1 aromatic heterocycles. The van der Waals surface area contributed by atoms with Crippen LogP contribution in [0.15, 0.2) is 6.07 Å². The van der Waals surface area contributed by atoms with Gasteiger partial charge in [0.1, 0.15) is 5.69 Å². The first-order chi connectivity index (χ1) is 9.38. The molecule has 0 saturated carbocycles. The second-order valence-electron chi connectivity index (χ2n) is 5.22. The Bertz CT molecular complexity index is 451. The summed E-state index contributed by atoms with van der Waals surface area (Å²) in [6.45, 7) is 6.56. The van der Waals surface area contributed by atoms with Crippen LogP contribution in [0.3, 0.4) is 0 Å². The van der Waals surface area contributed by atoms with Crippen molar-refractivity contribution in [2.24, 2.45) is 0 Å². The van der Waals surface area contributed by atoms with Gasteiger partial charge in [0.25, 0.3) is 0 Å². The van der Waals surface area contributed by atoms with Crippen LogP contribution in [0.4, 0.5) is 19.1 Å². The third-order valence-corrected chi connectivity index (χ3v) is 3.24. The summed E-state index contributed by atoms with van der Waals surface area (Å²) in [5.74, 6) is 0.121. The molecular weight excluding hydrogens is 269 g/mol. The molecule has 0 aromatic carbocycles. The normalized spacial score (nSPS) is 17.4. The van der Waals surface area contributed by atoms with Crippen LogP contribution in [-0.4, -0.2) is 36.1 Å². The first-order valence-electron chi connectivity index (χ1n) is 6.80. The summed E-state index contributed by atoms with van der Waals surface area (Å²) in [5, 5.41) is 3.21. The van der Waals surface area contributed by atoms with Crippen LogP contribution < -0.4 is 10.2 Å². The minimum absolute atomic E-state index is 0.0667. The van der Waals surface area contributed by atoms with Crippen LogP contribution in [0.1, 0.15) is 37.6 Å². The first kappa shape index (κ1) is 15.0. The number of hydrogen-bond acceptors (Lipinski definition) is 4. The van der Waals surface area contributed by atoms with E-state index in [2.05, 4.69) is 15.3 Å². The number of rotatable bonds is 2. The second kappa shape index (κ2) is 5.95. The molecule has 1 aliphatic rings. The number of aromatic nitrogens is 2. The molecular formula is C13H19F3N4. The topological polar surface area (TPSA) is 41.1 Å². The Morgan fingerprint density at radius 3 is 2.60 bits per heavy atom. The van der Waals surface area contributed by atoms with E-state index in [4.69, 9.17) is 0 Å². The average molecular weight is 288 g/mol. The Morgan fingerprint density at radius 1 is 1.20 bits per heavy atom. The molecule has 0 amide bonds. The van der Waals surface area contributed by atoms with Gasteiger partial charge in [-0.15, -0.1) is 0 Å². The van der Waals surface area contributed by atoms with E-state index in [1.165, 1.54) is 0 Å². The molecule has 2 rings (SSSR count). The van der Waals surface area contributed by atoms with Crippen LogP contribution >= 0.6 is 0 Å². The largest absolute Gasteiger partial charge is 0.433 e. The summed E-state index contributed by atoms with van der Waals surface area (Å²) in [6.07, 6.45) is -3.57. The van der Waals surface area contributed by atoms with Gasteiger partial charge in [0, 0.05) is 25.3 Å². The van der Waals surface area contributed by atoms with Gasteiger partial charge in [0.05, 0.1) is 0 Å². The fraction of sp³-hybridized carbons (Fsp3) is 0.692. The lowest BCUT2D eigenvalue weighted by Crippen LogP contribution is -2.30. The third kappa shape index (κ3) is 3.59. The molecule has 7 heteroatoms. The predicted molar refractivity (Wildman–Crippen MR) is 70.8 cm³/mol. The molecule has 1 aliphatic heterocycles. The molecule has 0 unspecified atom stereocenters. The molecule has 1 N–H and O–H groups in total. The number of hydrogen-bond donors (Lipinski definition) is 1. The molecule has 20 heavy (non-hydrogen) atoms. The van der Waals surface area contributed by atoms with Gasteiger partial charge in [-0.2, -0.15) is 13.2 Å². The maximum atomic E-state index is 12.9. The van der Waals surface area contributed by atoms with E-state index in [-0.39, 0.29) is 11.9 Å². The Kier molecular flexibility index (Phi) is 4.47. The van der Waals surface area contributed by atoms with Crippen LogP contribution in [-0.2, 0) is 6.18 Å². The molecule has 1 saturated heterocycles. The molecule has 0 bridgehead atoms. The quantitative estimate of drug-likeness (QED) is 0.907. The van der Waals surface area contributed by atoms with E-state index >= 15 is 0 Å². The summed E-state index contributed by atoms with van der Waals surface area (Å²) < 4.78 is 38.8. The standard InChI is InChI=1S/C13H19F3N4/c1-9(2)10-8-11(13(14,15)16)19-12(18-10)20-6-3-4-17-5-7-20/h8-9,17H,3-7H2,1-2H3. The third-order valence-electron chi connectivity index (χ3n) is 3.24. The van der Waals surface area contributed by atoms with Gasteiger partial charge in [-0.25, -0.2) is 9.97 Å². The molecule has 1 aromatic rings. The lowest BCUT2D eigenvalue weighted by atomic mass is 10.1. The van der Waals surface area contributed by atoms with Crippen LogP contribution in [0.2, 0.25) is 0 Å². The van der Waals surface area contributed by atoms with E-state index in [0.717, 1.165) is 25.6 Å². The van der Waals surface area contributed by atoms with Crippen molar-refractivity contribution in [1.82, 2.24) is 15.3 Å². The summed E-state index contributed by atoms with van der Waals surface area (Å²) in [7, 11) is 0. The van der Waals surface area contributed by atoms with E-state index in [1.54, 1.807) is 0 Å². The zero-order valence-corrected chi connectivity index (χ0v) is 11.7.